The van der Waals surface area contributed by atoms with Gasteiger partial charge in [-0.1, -0.05) is 54.6 Å². The van der Waals surface area contributed by atoms with Crippen LogP contribution < -0.4 is 5.32 Å². The Hall–Kier alpha value is -3.47. The SMILES string of the molecule is Cc1cccc2ccc(C(=O)N3C(=O)NC(c4ccccc4)C3=O)cc12. The van der Waals surface area contributed by atoms with Gasteiger partial charge in [0.2, 0.25) is 0 Å². The van der Waals surface area contributed by atoms with Crippen molar-refractivity contribution in [3.8, 4) is 0 Å². The second-order valence-corrected chi connectivity index (χ2v) is 6.28. The number of benzene rings is 3. The highest BCUT2D eigenvalue weighted by Gasteiger charge is 2.43. The lowest BCUT2D eigenvalue weighted by Gasteiger charge is -2.12. The highest BCUT2D eigenvalue weighted by molar-refractivity contribution is 6.21. The number of urea groups is 1. The first-order chi connectivity index (χ1) is 12.6. The van der Waals surface area contributed by atoms with E-state index in [0.29, 0.717) is 16.0 Å². The van der Waals surface area contributed by atoms with E-state index in [1.54, 1.807) is 36.4 Å². The first-order valence-electron chi connectivity index (χ1n) is 8.29. The number of carbonyl (C=O) groups excluding carboxylic acids is 3. The number of fused-ring (bicyclic) bond motifs is 1. The summed E-state index contributed by atoms with van der Waals surface area (Å²) in [6.45, 7) is 1.95. The Morgan fingerprint density at radius 1 is 0.962 bits per heavy atom. The van der Waals surface area contributed by atoms with Crippen molar-refractivity contribution in [2.45, 2.75) is 13.0 Å². The van der Waals surface area contributed by atoms with Gasteiger partial charge in [-0.3, -0.25) is 9.59 Å². The van der Waals surface area contributed by atoms with Crippen LogP contribution in [0, 0.1) is 6.92 Å². The monoisotopic (exact) mass is 344 g/mol. The van der Waals surface area contributed by atoms with Crippen LogP contribution in [0.3, 0.4) is 0 Å². The molecule has 0 saturated carbocycles. The third kappa shape index (κ3) is 2.54. The first-order valence-corrected chi connectivity index (χ1v) is 8.29. The second-order valence-electron chi connectivity index (χ2n) is 6.28. The van der Waals surface area contributed by atoms with Gasteiger partial charge in [0.05, 0.1) is 0 Å². The number of nitrogens with zero attached hydrogens (tertiary/aromatic N) is 1. The molecule has 1 aliphatic rings. The molecule has 1 unspecified atom stereocenters. The maximum Gasteiger partial charge on any atom is 0.332 e. The normalized spacial score (nSPS) is 16.8. The van der Waals surface area contributed by atoms with Crippen molar-refractivity contribution in [1.29, 1.82) is 0 Å². The van der Waals surface area contributed by atoms with Crippen LogP contribution >= 0.6 is 0 Å². The molecule has 0 aromatic heterocycles. The zero-order valence-corrected chi connectivity index (χ0v) is 14.1. The molecule has 0 radical (unpaired) electrons. The van der Waals surface area contributed by atoms with Crippen molar-refractivity contribution < 1.29 is 14.4 Å². The van der Waals surface area contributed by atoms with Gasteiger partial charge in [-0.25, -0.2) is 4.79 Å². The smallest absolute Gasteiger partial charge is 0.321 e. The molecule has 1 aliphatic heterocycles. The fourth-order valence-corrected chi connectivity index (χ4v) is 3.23. The van der Waals surface area contributed by atoms with E-state index >= 15 is 0 Å². The third-order valence-corrected chi connectivity index (χ3v) is 4.62. The molecule has 5 nitrogen and oxygen atoms in total. The van der Waals surface area contributed by atoms with Crippen LogP contribution in [0.5, 0.6) is 0 Å². The summed E-state index contributed by atoms with van der Waals surface area (Å²) in [5.74, 6) is -1.17. The zero-order chi connectivity index (χ0) is 18.3. The minimum atomic E-state index is -0.838. The molecule has 128 valence electrons. The van der Waals surface area contributed by atoms with E-state index in [2.05, 4.69) is 5.32 Å². The number of hydrogen-bond donors (Lipinski definition) is 1. The molecule has 0 spiro atoms. The summed E-state index contributed by atoms with van der Waals surface area (Å²) in [5, 5.41) is 4.51. The largest absolute Gasteiger partial charge is 0.332 e. The molecule has 1 fully saturated rings. The zero-order valence-electron chi connectivity index (χ0n) is 14.1. The number of amides is 4. The minimum absolute atomic E-state index is 0.309. The molecular formula is C21H16N2O3. The highest BCUT2D eigenvalue weighted by Crippen LogP contribution is 2.25. The van der Waals surface area contributed by atoms with Crippen LogP contribution in [0.25, 0.3) is 10.8 Å². The van der Waals surface area contributed by atoms with Gasteiger partial charge < -0.3 is 5.32 Å². The van der Waals surface area contributed by atoms with Gasteiger partial charge in [-0.2, -0.15) is 4.90 Å². The molecule has 4 amide bonds. The van der Waals surface area contributed by atoms with Gasteiger partial charge in [0.1, 0.15) is 6.04 Å². The first kappa shape index (κ1) is 16.0. The van der Waals surface area contributed by atoms with Crippen molar-refractivity contribution >= 4 is 28.6 Å². The summed E-state index contributed by atoms with van der Waals surface area (Å²) in [4.78, 5) is 38.5. The fourth-order valence-electron chi connectivity index (χ4n) is 3.23. The van der Waals surface area contributed by atoms with E-state index < -0.39 is 23.9 Å². The molecule has 0 aliphatic carbocycles. The maximum absolute atomic E-state index is 12.8. The molecule has 0 bridgehead atoms. The second kappa shape index (κ2) is 6.11. The van der Waals surface area contributed by atoms with Gasteiger partial charge in [-0.05, 0) is 41.0 Å². The molecule has 1 N–H and O–H groups in total. The molecule has 1 saturated heterocycles. The minimum Gasteiger partial charge on any atom is -0.321 e. The van der Waals surface area contributed by atoms with Crippen molar-refractivity contribution in [2.24, 2.45) is 0 Å². The maximum atomic E-state index is 12.8. The number of nitrogens with one attached hydrogen (secondary N) is 1. The van der Waals surface area contributed by atoms with Crippen molar-refractivity contribution in [3.63, 3.8) is 0 Å². The van der Waals surface area contributed by atoms with E-state index in [9.17, 15) is 14.4 Å². The molecular weight excluding hydrogens is 328 g/mol. The average Bonchev–Trinajstić information content (AvgIpc) is 2.96. The average molecular weight is 344 g/mol. The number of carbonyl (C=O) groups is 3. The summed E-state index contributed by atoms with van der Waals surface area (Å²) >= 11 is 0. The van der Waals surface area contributed by atoms with E-state index in [1.165, 1.54) is 0 Å². The lowest BCUT2D eigenvalue weighted by atomic mass is 10.0. The predicted molar refractivity (Wildman–Crippen MR) is 97.6 cm³/mol. The summed E-state index contributed by atoms with van der Waals surface area (Å²) in [7, 11) is 0. The van der Waals surface area contributed by atoms with Gasteiger partial charge in [-0.15, -0.1) is 0 Å². The summed E-state index contributed by atoms with van der Waals surface area (Å²) < 4.78 is 0. The van der Waals surface area contributed by atoms with Crippen LogP contribution in [0.1, 0.15) is 27.5 Å². The van der Waals surface area contributed by atoms with Crippen LogP contribution in [-0.2, 0) is 4.79 Å². The van der Waals surface area contributed by atoms with Gasteiger partial charge in [0, 0.05) is 5.56 Å². The Bertz CT molecular complexity index is 1040. The van der Waals surface area contributed by atoms with Crippen LogP contribution in [0.4, 0.5) is 4.79 Å². The molecule has 3 aromatic carbocycles. The summed E-state index contributed by atoms with van der Waals surface area (Å²) in [6, 6.07) is 18.4. The Kier molecular flexibility index (Phi) is 3.77. The van der Waals surface area contributed by atoms with E-state index in [0.717, 1.165) is 16.3 Å². The molecule has 3 aromatic rings. The van der Waals surface area contributed by atoms with Crippen molar-refractivity contribution in [1.82, 2.24) is 10.2 Å². The Labute approximate surface area is 150 Å². The van der Waals surface area contributed by atoms with E-state index in [4.69, 9.17) is 0 Å². The highest BCUT2D eigenvalue weighted by atomic mass is 16.2. The molecule has 5 heteroatoms. The summed E-state index contributed by atoms with van der Waals surface area (Å²) in [6.07, 6.45) is 0. The molecule has 1 heterocycles. The molecule has 4 rings (SSSR count). The number of imide groups is 3. The number of rotatable bonds is 2. The number of hydrogen-bond acceptors (Lipinski definition) is 3. The standard InChI is InChI=1S/C21H16N2O3/c1-13-6-5-9-14-10-11-16(12-17(13)14)19(24)23-20(25)18(22-21(23)26)15-7-3-2-4-8-15/h2-12,18H,1H3,(H,22,26). The Balaban J connectivity index is 1.69. The van der Waals surface area contributed by atoms with Gasteiger partial charge in [0.25, 0.3) is 11.8 Å². The third-order valence-electron chi connectivity index (χ3n) is 4.62. The topological polar surface area (TPSA) is 66.5 Å². The predicted octanol–water partition coefficient (Wildman–Crippen LogP) is 3.58. The summed E-state index contributed by atoms with van der Waals surface area (Å²) in [5.41, 5.74) is 1.98. The quantitative estimate of drug-likeness (QED) is 0.571. The van der Waals surface area contributed by atoms with Crippen molar-refractivity contribution in [3.05, 3.63) is 83.4 Å². The van der Waals surface area contributed by atoms with E-state index in [-0.39, 0.29) is 0 Å². The lowest BCUT2D eigenvalue weighted by Crippen LogP contribution is -2.37. The fraction of sp³-hybridized carbons (Fsp3) is 0.0952. The van der Waals surface area contributed by atoms with Gasteiger partial charge >= 0.3 is 6.03 Å². The molecule has 1 atom stereocenters. The Morgan fingerprint density at radius 2 is 1.73 bits per heavy atom. The Morgan fingerprint density at radius 3 is 2.50 bits per heavy atom. The lowest BCUT2D eigenvalue weighted by molar-refractivity contribution is -0.125. The molecule has 26 heavy (non-hydrogen) atoms. The van der Waals surface area contributed by atoms with Crippen LogP contribution in [-0.4, -0.2) is 22.7 Å². The van der Waals surface area contributed by atoms with E-state index in [1.807, 2.05) is 37.3 Å². The number of aryl methyl sites for hydroxylation is 1. The van der Waals surface area contributed by atoms with Crippen LogP contribution in [0.15, 0.2) is 66.7 Å². The van der Waals surface area contributed by atoms with Crippen LogP contribution in [0.2, 0.25) is 0 Å². The van der Waals surface area contributed by atoms with Gasteiger partial charge in [0.15, 0.2) is 0 Å². The van der Waals surface area contributed by atoms with Crippen molar-refractivity contribution in [2.75, 3.05) is 0 Å².